The third-order valence-electron chi connectivity index (χ3n) is 4.54. The summed E-state index contributed by atoms with van der Waals surface area (Å²) in [5.74, 6) is -0.152. The van der Waals surface area contributed by atoms with E-state index < -0.39 is 17.8 Å². The van der Waals surface area contributed by atoms with Crippen LogP contribution in [0.3, 0.4) is 0 Å². The Morgan fingerprint density at radius 3 is 2.39 bits per heavy atom. The van der Waals surface area contributed by atoms with Crippen LogP contribution in [0.5, 0.6) is 0 Å². The Kier molecular flexibility index (Phi) is 4.07. The molecule has 1 aromatic carbocycles. The predicted molar refractivity (Wildman–Crippen MR) is 78.2 cm³/mol. The van der Waals surface area contributed by atoms with Crippen molar-refractivity contribution >= 4 is 5.91 Å². The van der Waals surface area contributed by atoms with Crippen molar-refractivity contribution in [2.75, 3.05) is 0 Å². The number of alkyl halides is 3. The Labute approximate surface area is 132 Å². The zero-order chi connectivity index (χ0) is 16.8. The first-order chi connectivity index (χ1) is 10.8. The van der Waals surface area contributed by atoms with Crippen molar-refractivity contribution in [3.05, 3.63) is 35.4 Å². The highest BCUT2D eigenvalue weighted by Gasteiger charge is 2.46. The first-order valence-electron chi connectivity index (χ1n) is 7.52. The van der Waals surface area contributed by atoms with Crippen LogP contribution in [0.25, 0.3) is 0 Å². The number of halogens is 3. The van der Waals surface area contributed by atoms with Gasteiger partial charge in [0, 0.05) is 6.04 Å². The van der Waals surface area contributed by atoms with Crippen molar-refractivity contribution in [1.82, 2.24) is 21.5 Å². The van der Waals surface area contributed by atoms with Crippen LogP contribution < -0.4 is 21.5 Å². The molecule has 0 spiro atoms. The molecule has 1 aromatic rings. The second-order valence-electron chi connectivity index (χ2n) is 6.12. The normalized spacial score (nSPS) is 32.3. The van der Waals surface area contributed by atoms with Crippen molar-refractivity contribution < 1.29 is 18.0 Å². The Morgan fingerprint density at radius 2 is 1.78 bits per heavy atom. The minimum atomic E-state index is -4.33. The Morgan fingerprint density at radius 1 is 1.13 bits per heavy atom. The van der Waals surface area contributed by atoms with Crippen molar-refractivity contribution in [1.29, 1.82) is 0 Å². The summed E-state index contributed by atoms with van der Waals surface area (Å²) in [6, 6.07) is 4.54. The fourth-order valence-electron chi connectivity index (χ4n) is 3.25. The highest BCUT2D eigenvalue weighted by atomic mass is 19.4. The van der Waals surface area contributed by atoms with E-state index in [0.29, 0.717) is 0 Å². The van der Waals surface area contributed by atoms with E-state index in [1.165, 1.54) is 12.1 Å². The van der Waals surface area contributed by atoms with Gasteiger partial charge in [-0.25, -0.2) is 5.43 Å². The fraction of sp³-hybridized carbons (Fsp3) is 0.533. The van der Waals surface area contributed by atoms with Crippen LogP contribution >= 0.6 is 0 Å². The van der Waals surface area contributed by atoms with Gasteiger partial charge in [-0.1, -0.05) is 19.1 Å². The molecule has 2 fully saturated rings. The number of hydrogen-bond donors (Lipinski definition) is 4. The molecule has 126 valence electrons. The first-order valence-corrected chi connectivity index (χ1v) is 7.52. The number of amides is 1. The quantitative estimate of drug-likeness (QED) is 0.656. The van der Waals surface area contributed by atoms with Gasteiger partial charge >= 0.3 is 6.18 Å². The maximum Gasteiger partial charge on any atom is 0.416 e. The number of hydrogen-bond acceptors (Lipinski definition) is 4. The number of carbonyl (C=O) groups is 1. The lowest BCUT2D eigenvalue weighted by Crippen LogP contribution is -2.65. The van der Waals surface area contributed by atoms with Gasteiger partial charge in [-0.2, -0.15) is 13.2 Å². The molecule has 23 heavy (non-hydrogen) atoms. The lowest BCUT2D eigenvalue weighted by Gasteiger charge is -2.35. The molecule has 5 nitrogen and oxygen atoms in total. The lowest BCUT2D eigenvalue weighted by atomic mass is 9.86. The summed E-state index contributed by atoms with van der Waals surface area (Å²) >= 11 is 0. The fourth-order valence-corrected chi connectivity index (χ4v) is 3.25. The Hall–Kier alpha value is -1.64. The molecule has 4 N–H and O–H groups in total. The van der Waals surface area contributed by atoms with Gasteiger partial charge in [0.25, 0.3) is 0 Å². The second kappa shape index (κ2) is 5.77. The molecule has 0 aliphatic carbocycles. The van der Waals surface area contributed by atoms with Crippen molar-refractivity contribution in [3.8, 4) is 0 Å². The van der Waals surface area contributed by atoms with Crippen molar-refractivity contribution in [3.63, 3.8) is 0 Å². The smallest absolute Gasteiger partial charge is 0.340 e. The molecule has 0 radical (unpaired) electrons. The third-order valence-corrected chi connectivity index (χ3v) is 4.54. The van der Waals surface area contributed by atoms with Gasteiger partial charge in [0.15, 0.2) is 0 Å². The highest BCUT2D eigenvalue weighted by molar-refractivity contribution is 5.84. The van der Waals surface area contributed by atoms with Crippen LogP contribution in [-0.4, -0.2) is 30.2 Å². The number of hydrazine groups is 1. The molecule has 0 aromatic heterocycles. The maximum atomic E-state index is 12.7. The maximum absolute atomic E-state index is 12.7. The van der Waals surface area contributed by atoms with Crippen LogP contribution in [0.4, 0.5) is 13.2 Å². The highest BCUT2D eigenvalue weighted by Crippen LogP contribution is 2.32. The van der Waals surface area contributed by atoms with E-state index in [1.54, 1.807) is 0 Å². The van der Waals surface area contributed by atoms with Crippen molar-refractivity contribution in [2.45, 2.75) is 50.2 Å². The average molecular weight is 328 g/mol. The number of benzene rings is 1. The van der Waals surface area contributed by atoms with Gasteiger partial charge in [-0.15, -0.1) is 0 Å². The summed E-state index contributed by atoms with van der Waals surface area (Å²) in [5.41, 5.74) is 6.19. The number of nitrogens with one attached hydrogen (secondary N) is 4. The summed E-state index contributed by atoms with van der Waals surface area (Å²) in [6.45, 7) is 3.79. The molecule has 2 heterocycles. The number of carbonyl (C=O) groups excluding carboxylic acids is 1. The topological polar surface area (TPSA) is 65.2 Å². The third kappa shape index (κ3) is 3.06. The van der Waals surface area contributed by atoms with E-state index in [9.17, 15) is 18.0 Å². The van der Waals surface area contributed by atoms with E-state index in [4.69, 9.17) is 0 Å². The molecule has 2 aliphatic rings. The van der Waals surface area contributed by atoms with Gasteiger partial charge in [0.1, 0.15) is 6.04 Å². The summed E-state index contributed by atoms with van der Waals surface area (Å²) in [7, 11) is 0. The number of fused-ring (bicyclic) bond motifs is 1. The molecular weight excluding hydrogens is 309 g/mol. The minimum absolute atomic E-state index is 0.0645. The SMILES string of the molecule is CC1NC(=O)C2NNC([C@H](C)c3ccc(C(F)(F)F)cc3)C2N1. The monoisotopic (exact) mass is 328 g/mol. The first kappa shape index (κ1) is 16.2. The summed E-state index contributed by atoms with van der Waals surface area (Å²) in [6.07, 6.45) is -4.48. The van der Waals surface area contributed by atoms with E-state index in [-0.39, 0.29) is 30.1 Å². The molecule has 4 unspecified atom stereocenters. The molecule has 5 atom stereocenters. The molecular formula is C15H19F3N4O. The summed E-state index contributed by atoms with van der Waals surface area (Å²) in [4.78, 5) is 12.0. The van der Waals surface area contributed by atoms with E-state index in [1.807, 2.05) is 13.8 Å². The summed E-state index contributed by atoms with van der Waals surface area (Å²) < 4.78 is 38.0. The Bertz CT molecular complexity index is 589. The molecule has 1 amide bonds. The number of rotatable bonds is 2. The van der Waals surface area contributed by atoms with Gasteiger partial charge in [0.2, 0.25) is 5.91 Å². The lowest BCUT2D eigenvalue weighted by molar-refractivity contribution is -0.137. The van der Waals surface area contributed by atoms with Crippen LogP contribution in [0, 0.1) is 0 Å². The predicted octanol–water partition coefficient (Wildman–Crippen LogP) is 1.09. The molecule has 2 saturated heterocycles. The zero-order valence-electron chi connectivity index (χ0n) is 12.7. The van der Waals surface area contributed by atoms with Crippen LogP contribution in [0.1, 0.15) is 30.9 Å². The van der Waals surface area contributed by atoms with Crippen molar-refractivity contribution in [2.24, 2.45) is 0 Å². The van der Waals surface area contributed by atoms with Crippen LogP contribution in [0.2, 0.25) is 0 Å². The van der Waals surface area contributed by atoms with E-state index >= 15 is 0 Å². The minimum Gasteiger partial charge on any atom is -0.340 e. The molecule has 0 saturated carbocycles. The van der Waals surface area contributed by atoms with Gasteiger partial charge in [0.05, 0.1) is 17.8 Å². The molecule has 0 bridgehead atoms. The molecule has 3 rings (SSSR count). The zero-order valence-corrected chi connectivity index (χ0v) is 12.7. The van der Waals surface area contributed by atoms with Crippen LogP contribution in [0.15, 0.2) is 24.3 Å². The van der Waals surface area contributed by atoms with E-state index in [2.05, 4.69) is 21.5 Å². The van der Waals surface area contributed by atoms with Gasteiger partial charge in [-0.3, -0.25) is 15.5 Å². The van der Waals surface area contributed by atoms with Gasteiger partial charge in [-0.05, 0) is 30.5 Å². The molecule has 8 heteroatoms. The van der Waals surface area contributed by atoms with E-state index in [0.717, 1.165) is 17.7 Å². The summed E-state index contributed by atoms with van der Waals surface area (Å²) in [5, 5.41) is 6.10. The van der Waals surface area contributed by atoms with Gasteiger partial charge < -0.3 is 5.32 Å². The standard InChI is InChI=1S/C15H19F3N4O/c1-7(9-3-5-10(6-4-9)15(16,17)18)11-12-13(22-21-11)14(23)20-8(2)19-12/h3-8,11-13,19,21-22H,1-2H3,(H,20,23)/t7-,8?,11?,12?,13?/m1/s1. The largest absolute Gasteiger partial charge is 0.416 e. The molecule has 2 aliphatic heterocycles. The van der Waals surface area contributed by atoms with Crippen LogP contribution in [-0.2, 0) is 11.0 Å². The Balaban J connectivity index is 1.78. The average Bonchev–Trinajstić information content (AvgIpc) is 2.89. The second-order valence-corrected chi connectivity index (χ2v) is 6.12.